The van der Waals surface area contributed by atoms with Crippen LogP contribution >= 0.6 is 0 Å². The highest BCUT2D eigenvalue weighted by atomic mass is 16.5. The molecule has 1 aromatic heterocycles. The van der Waals surface area contributed by atoms with Crippen molar-refractivity contribution in [2.24, 2.45) is 5.92 Å². The third-order valence-electron chi connectivity index (χ3n) is 4.38. The van der Waals surface area contributed by atoms with Crippen LogP contribution in [0.3, 0.4) is 0 Å². The minimum Gasteiger partial charge on any atom is -0.374 e. The third-order valence-corrected chi connectivity index (χ3v) is 4.38. The van der Waals surface area contributed by atoms with Crippen molar-refractivity contribution in [3.05, 3.63) is 22.6 Å². The molecular formula is C15H24N4O2. The lowest BCUT2D eigenvalue weighted by molar-refractivity contribution is 0.0153. The van der Waals surface area contributed by atoms with Crippen LogP contribution in [0.4, 0.5) is 5.69 Å². The smallest absolute Gasteiger partial charge is 0.268 e. The number of aromatic nitrogens is 2. The molecule has 3 rings (SSSR count). The van der Waals surface area contributed by atoms with Gasteiger partial charge in [-0.25, -0.2) is 4.68 Å². The van der Waals surface area contributed by atoms with E-state index in [4.69, 9.17) is 4.74 Å². The zero-order chi connectivity index (χ0) is 14.7. The van der Waals surface area contributed by atoms with Crippen LogP contribution in [0.1, 0.15) is 19.8 Å². The van der Waals surface area contributed by atoms with E-state index in [1.807, 2.05) is 6.20 Å². The van der Waals surface area contributed by atoms with Crippen LogP contribution in [0, 0.1) is 5.92 Å². The number of ether oxygens (including phenoxy) is 1. The van der Waals surface area contributed by atoms with Crippen LogP contribution in [0.25, 0.3) is 0 Å². The van der Waals surface area contributed by atoms with Crippen LogP contribution in [0.5, 0.6) is 0 Å². The molecule has 0 aromatic carbocycles. The van der Waals surface area contributed by atoms with Gasteiger partial charge in [0.15, 0.2) is 0 Å². The van der Waals surface area contributed by atoms with Gasteiger partial charge in [-0.15, -0.1) is 0 Å². The number of hydrogen-bond acceptors (Lipinski definition) is 5. The molecule has 0 radical (unpaired) electrons. The number of piperidine rings is 1. The van der Waals surface area contributed by atoms with Gasteiger partial charge in [0.05, 0.1) is 31.1 Å². The fraction of sp³-hybridized carbons (Fsp3) is 0.733. The maximum absolute atomic E-state index is 12.2. The first-order valence-corrected chi connectivity index (χ1v) is 7.87. The highest BCUT2D eigenvalue weighted by molar-refractivity contribution is 5.43. The number of hydrogen-bond donors (Lipinski definition) is 1. The molecule has 1 atom stereocenters. The molecule has 1 aromatic rings. The Morgan fingerprint density at radius 3 is 2.90 bits per heavy atom. The van der Waals surface area contributed by atoms with E-state index in [0.29, 0.717) is 13.2 Å². The molecule has 21 heavy (non-hydrogen) atoms. The van der Waals surface area contributed by atoms with Gasteiger partial charge >= 0.3 is 0 Å². The average molecular weight is 292 g/mol. The van der Waals surface area contributed by atoms with Crippen LogP contribution in [-0.4, -0.2) is 48.7 Å². The summed E-state index contributed by atoms with van der Waals surface area (Å²) in [6, 6.07) is 1.71. The molecule has 116 valence electrons. The van der Waals surface area contributed by atoms with Crippen molar-refractivity contribution in [2.75, 3.05) is 37.7 Å². The second-order valence-electron chi connectivity index (χ2n) is 6.10. The molecule has 6 heteroatoms. The first-order valence-electron chi connectivity index (χ1n) is 7.87. The fourth-order valence-electron chi connectivity index (χ4n) is 2.93. The number of nitrogens with zero attached hydrogens (tertiary/aromatic N) is 3. The molecule has 1 N–H and O–H groups in total. The van der Waals surface area contributed by atoms with Gasteiger partial charge in [-0.05, 0) is 18.8 Å². The van der Waals surface area contributed by atoms with Gasteiger partial charge < -0.3 is 15.0 Å². The predicted octanol–water partition coefficient (Wildman–Crippen LogP) is 0.468. The maximum Gasteiger partial charge on any atom is 0.268 e. The molecule has 0 saturated carbocycles. The summed E-state index contributed by atoms with van der Waals surface area (Å²) in [6.07, 6.45) is 4.22. The molecule has 0 bridgehead atoms. The highest BCUT2D eigenvalue weighted by Crippen LogP contribution is 2.20. The molecule has 2 aliphatic rings. The Labute approximate surface area is 125 Å². The van der Waals surface area contributed by atoms with Crippen molar-refractivity contribution in [3.8, 4) is 0 Å². The lowest BCUT2D eigenvalue weighted by Crippen LogP contribution is -2.43. The largest absolute Gasteiger partial charge is 0.374 e. The molecule has 6 nitrogen and oxygen atoms in total. The van der Waals surface area contributed by atoms with E-state index < -0.39 is 0 Å². The number of nitrogens with one attached hydrogen (secondary N) is 1. The lowest BCUT2D eigenvalue weighted by atomic mass is 9.99. The number of morpholine rings is 1. The second-order valence-corrected chi connectivity index (χ2v) is 6.10. The SMILES string of the molecule is CC1CCN(c2cnn(CC3CNCCO3)c(=O)c2)CC1. The molecule has 2 aliphatic heterocycles. The van der Waals surface area contributed by atoms with Crippen LogP contribution in [0.2, 0.25) is 0 Å². The van der Waals surface area contributed by atoms with E-state index in [1.165, 1.54) is 17.5 Å². The van der Waals surface area contributed by atoms with Crippen molar-refractivity contribution in [1.82, 2.24) is 15.1 Å². The predicted molar refractivity (Wildman–Crippen MR) is 81.7 cm³/mol. The molecule has 0 spiro atoms. The van der Waals surface area contributed by atoms with Crippen LogP contribution < -0.4 is 15.8 Å². The zero-order valence-corrected chi connectivity index (χ0v) is 12.6. The topological polar surface area (TPSA) is 59.4 Å². The summed E-state index contributed by atoms with van der Waals surface area (Å²) in [5, 5.41) is 7.59. The van der Waals surface area contributed by atoms with E-state index in [-0.39, 0.29) is 11.7 Å². The monoisotopic (exact) mass is 292 g/mol. The van der Waals surface area contributed by atoms with Gasteiger partial charge in [-0.1, -0.05) is 6.92 Å². The Morgan fingerprint density at radius 1 is 1.43 bits per heavy atom. The first-order chi connectivity index (χ1) is 10.2. The summed E-state index contributed by atoms with van der Waals surface area (Å²) >= 11 is 0. The second kappa shape index (κ2) is 6.58. The van der Waals surface area contributed by atoms with Gasteiger partial charge in [-0.2, -0.15) is 5.10 Å². The van der Waals surface area contributed by atoms with Gasteiger partial charge in [0, 0.05) is 32.2 Å². The average Bonchev–Trinajstić information content (AvgIpc) is 2.51. The Hall–Kier alpha value is -1.40. The summed E-state index contributed by atoms with van der Waals surface area (Å²) in [5.41, 5.74) is 0.908. The van der Waals surface area contributed by atoms with Crippen molar-refractivity contribution in [1.29, 1.82) is 0 Å². The summed E-state index contributed by atoms with van der Waals surface area (Å²) in [4.78, 5) is 14.5. The third kappa shape index (κ3) is 3.63. The minimum atomic E-state index is -0.0414. The molecule has 0 amide bonds. The van der Waals surface area contributed by atoms with Gasteiger partial charge in [-0.3, -0.25) is 4.79 Å². The van der Waals surface area contributed by atoms with E-state index in [1.54, 1.807) is 6.07 Å². The Morgan fingerprint density at radius 2 is 2.24 bits per heavy atom. The number of anilines is 1. The summed E-state index contributed by atoms with van der Waals surface area (Å²) in [5.74, 6) is 0.783. The summed E-state index contributed by atoms with van der Waals surface area (Å²) in [7, 11) is 0. The van der Waals surface area contributed by atoms with Crippen molar-refractivity contribution in [2.45, 2.75) is 32.4 Å². The molecule has 3 heterocycles. The van der Waals surface area contributed by atoms with Crippen molar-refractivity contribution >= 4 is 5.69 Å². The standard InChI is InChI=1S/C15H24N4O2/c1-12-2-5-18(6-3-12)13-8-15(20)19(17-9-13)11-14-10-16-4-7-21-14/h8-9,12,14,16H,2-7,10-11H2,1H3. The van der Waals surface area contributed by atoms with E-state index in [0.717, 1.165) is 37.8 Å². The summed E-state index contributed by atoms with van der Waals surface area (Å²) in [6.45, 7) is 7.19. The van der Waals surface area contributed by atoms with Crippen LogP contribution in [0.15, 0.2) is 17.1 Å². The van der Waals surface area contributed by atoms with E-state index in [2.05, 4.69) is 22.2 Å². The normalized spacial score (nSPS) is 24.2. The van der Waals surface area contributed by atoms with Gasteiger partial charge in [0.2, 0.25) is 0 Å². The van der Waals surface area contributed by atoms with Gasteiger partial charge in [0.25, 0.3) is 5.56 Å². The Bertz CT molecular complexity index is 517. The Balaban J connectivity index is 1.66. The molecule has 1 unspecified atom stereocenters. The minimum absolute atomic E-state index is 0.0330. The highest BCUT2D eigenvalue weighted by Gasteiger charge is 2.18. The molecule has 2 saturated heterocycles. The quantitative estimate of drug-likeness (QED) is 0.877. The van der Waals surface area contributed by atoms with Crippen molar-refractivity contribution < 1.29 is 4.74 Å². The van der Waals surface area contributed by atoms with Crippen molar-refractivity contribution in [3.63, 3.8) is 0 Å². The fourth-order valence-corrected chi connectivity index (χ4v) is 2.93. The molecule has 0 aliphatic carbocycles. The van der Waals surface area contributed by atoms with Gasteiger partial charge in [0.1, 0.15) is 0 Å². The lowest BCUT2D eigenvalue weighted by Gasteiger charge is -2.31. The summed E-state index contributed by atoms with van der Waals surface area (Å²) < 4.78 is 7.13. The van der Waals surface area contributed by atoms with Crippen LogP contribution in [-0.2, 0) is 11.3 Å². The number of rotatable bonds is 3. The zero-order valence-electron chi connectivity index (χ0n) is 12.6. The molecular weight excluding hydrogens is 268 g/mol. The Kier molecular flexibility index (Phi) is 4.55. The molecule has 2 fully saturated rings. The van der Waals surface area contributed by atoms with E-state index in [9.17, 15) is 4.79 Å². The maximum atomic E-state index is 12.2. The van der Waals surface area contributed by atoms with E-state index >= 15 is 0 Å². The first kappa shape index (κ1) is 14.5.